The number of nitrogens with zero attached hydrogens (tertiary/aromatic N) is 2. The maximum Gasteiger partial charge on any atom is 0.176 e. The first-order valence-electron chi connectivity index (χ1n) is 10.6. The number of ether oxygens (including phenoxy) is 1. The van der Waals surface area contributed by atoms with E-state index in [1.165, 1.54) is 22.1 Å². The predicted molar refractivity (Wildman–Crippen MR) is 119 cm³/mol. The molecule has 4 heteroatoms. The quantitative estimate of drug-likeness (QED) is 0.584. The number of methoxy groups -OCH3 is 1. The van der Waals surface area contributed by atoms with E-state index in [-0.39, 0.29) is 0 Å². The van der Waals surface area contributed by atoms with Crippen molar-refractivity contribution in [2.45, 2.75) is 39.3 Å². The number of rotatable bonds is 5. The molecule has 1 aliphatic rings. The number of fused-ring (bicyclic) bond motifs is 1. The second-order valence-corrected chi connectivity index (χ2v) is 8.54. The molecule has 1 aliphatic heterocycles. The molecule has 0 saturated carbocycles. The topological polar surface area (TPSA) is 28.9 Å². The first-order valence-corrected chi connectivity index (χ1v) is 10.6. The SMILES string of the molecule is COc1ccc(CN2CCN(C)C(c3ccccc3C(C)C)C2)c2cc(C)oc12. The van der Waals surface area contributed by atoms with Gasteiger partial charge in [-0.1, -0.05) is 44.2 Å². The van der Waals surface area contributed by atoms with Crippen LogP contribution >= 0.6 is 0 Å². The Morgan fingerprint density at radius 1 is 1.14 bits per heavy atom. The second kappa shape index (κ2) is 8.21. The first kappa shape index (κ1) is 20.0. The fraction of sp³-hybridized carbons (Fsp3) is 0.440. The Morgan fingerprint density at radius 2 is 1.93 bits per heavy atom. The lowest BCUT2D eigenvalue weighted by atomic mass is 9.91. The van der Waals surface area contributed by atoms with Gasteiger partial charge in [-0.3, -0.25) is 9.80 Å². The molecule has 1 aromatic heterocycles. The van der Waals surface area contributed by atoms with Crippen molar-refractivity contribution in [1.82, 2.24) is 9.80 Å². The second-order valence-electron chi connectivity index (χ2n) is 8.54. The Balaban J connectivity index is 1.61. The molecule has 1 saturated heterocycles. The first-order chi connectivity index (χ1) is 14.0. The molecule has 154 valence electrons. The lowest BCUT2D eigenvalue weighted by Crippen LogP contribution is -2.46. The smallest absolute Gasteiger partial charge is 0.176 e. The molecule has 29 heavy (non-hydrogen) atoms. The number of benzene rings is 2. The molecule has 0 aliphatic carbocycles. The third-order valence-corrected chi connectivity index (χ3v) is 6.18. The van der Waals surface area contributed by atoms with Gasteiger partial charge in [-0.15, -0.1) is 0 Å². The van der Waals surface area contributed by atoms with E-state index in [4.69, 9.17) is 9.15 Å². The summed E-state index contributed by atoms with van der Waals surface area (Å²) in [6, 6.07) is 15.7. The summed E-state index contributed by atoms with van der Waals surface area (Å²) in [5.74, 6) is 2.26. The van der Waals surface area contributed by atoms with Gasteiger partial charge in [-0.25, -0.2) is 0 Å². The van der Waals surface area contributed by atoms with Crippen molar-refractivity contribution in [2.75, 3.05) is 33.8 Å². The zero-order valence-corrected chi connectivity index (χ0v) is 18.2. The van der Waals surface area contributed by atoms with Crippen molar-refractivity contribution in [3.8, 4) is 5.75 Å². The van der Waals surface area contributed by atoms with Crippen LogP contribution in [0.1, 0.15) is 48.3 Å². The zero-order valence-electron chi connectivity index (χ0n) is 18.2. The summed E-state index contributed by atoms with van der Waals surface area (Å²) in [5, 5.41) is 1.17. The molecule has 0 spiro atoms. The minimum Gasteiger partial charge on any atom is -0.493 e. The lowest BCUT2D eigenvalue weighted by Gasteiger charge is -2.41. The van der Waals surface area contributed by atoms with Gasteiger partial charge in [0.2, 0.25) is 0 Å². The average molecular weight is 393 g/mol. The Hall–Kier alpha value is -2.30. The Labute approximate surface area is 174 Å². The van der Waals surface area contributed by atoms with E-state index >= 15 is 0 Å². The Bertz CT molecular complexity index is 992. The molecule has 4 rings (SSSR count). The number of hydrogen-bond donors (Lipinski definition) is 0. The summed E-state index contributed by atoms with van der Waals surface area (Å²) in [6.07, 6.45) is 0. The van der Waals surface area contributed by atoms with Gasteiger partial charge in [0.25, 0.3) is 0 Å². The van der Waals surface area contributed by atoms with E-state index in [9.17, 15) is 0 Å². The standard InChI is InChI=1S/C25H32N2O2/c1-17(2)20-8-6-7-9-21(20)23-16-27(13-12-26(23)4)15-19-10-11-24(28-5)25-22(19)14-18(3)29-25/h6-11,14,17,23H,12-13,15-16H2,1-5H3. The van der Waals surface area contributed by atoms with Crippen molar-refractivity contribution in [3.63, 3.8) is 0 Å². The average Bonchev–Trinajstić information content (AvgIpc) is 3.11. The van der Waals surface area contributed by atoms with Gasteiger partial charge in [0, 0.05) is 37.6 Å². The van der Waals surface area contributed by atoms with Crippen molar-refractivity contribution in [3.05, 3.63) is 64.9 Å². The highest BCUT2D eigenvalue weighted by molar-refractivity contribution is 5.87. The zero-order chi connectivity index (χ0) is 20.5. The van der Waals surface area contributed by atoms with Crippen LogP contribution in [0.25, 0.3) is 11.0 Å². The number of piperazine rings is 1. The highest BCUT2D eigenvalue weighted by Gasteiger charge is 2.28. The van der Waals surface area contributed by atoms with Gasteiger partial charge in [0.1, 0.15) is 5.76 Å². The highest BCUT2D eigenvalue weighted by atomic mass is 16.5. The number of hydrogen-bond acceptors (Lipinski definition) is 4. The van der Waals surface area contributed by atoms with Gasteiger partial charge >= 0.3 is 0 Å². The fourth-order valence-corrected chi connectivity index (χ4v) is 4.57. The summed E-state index contributed by atoms with van der Waals surface area (Å²) >= 11 is 0. The van der Waals surface area contributed by atoms with Crippen LogP contribution in [0, 0.1) is 6.92 Å². The van der Waals surface area contributed by atoms with E-state index in [1.807, 2.05) is 13.0 Å². The molecule has 0 bridgehead atoms. The fourth-order valence-electron chi connectivity index (χ4n) is 4.57. The van der Waals surface area contributed by atoms with E-state index in [0.29, 0.717) is 12.0 Å². The third kappa shape index (κ3) is 3.92. The van der Waals surface area contributed by atoms with Crippen molar-refractivity contribution >= 4 is 11.0 Å². The summed E-state index contributed by atoms with van der Waals surface area (Å²) in [6.45, 7) is 10.7. The van der Waals surface area contributed by atoms with Crippen LogP contribution in [0.3, 0.4) is 0 Å². The van der Waals surface area contributed by atoms with Crippen LogP contribution in [-0.2, 0) is 6.54 Å². The molecule has 0 radical (unpaired) electrons. The van der Waals surface area contributed by atoms with Gasteiger partial charge in [0.15, 0.2) is 11.3 Å². The van der Waals surface area contributed by atoms with E-state index in [0.717, 1.165) is 43.3 Å². The van der Waals surface area contributed by atoms with Crippen LogP contribution in [-0.4, -0.2) is 43.6 Å². The lowest BCUT2D eigenvalue weighted by molar-refractivity contribution is 0.0902. The Kier molecular flexibility index (Phi) is 5.66. The molecule has 0 N–H and O–H groups in total. The van der Waals surface area contributed by atoms with Crippen LogP contribution in [0.4, 0.5) is 0 Å². The van der Waals surface area contributed by atoms with Gasteiger partial charge in [-0.2, -0.15) is 0 Å². The molecule has 2 aromatic carbocycles. The van der Waals surface area contributed by atoms with E-state index in [1.54, 1.807) is 7.11 Å². The van der Waals surface area contributed by atoms with Crippen LogP contribution < -0.4 is 4.74 Å². The van der Waals surface area contributed by atoms with Crippen LogP contribution in [0.5, 0.6) is 5.75 Å². The molecule has 4 nitrogen and oxygen atoms in total. The number of aryl methyl sites for hydroxylation is 1. The van der Waals surface area contributed by atoms with Crippen molar-refractivity contribution < 1.29 is 9.15 Å². The monoisotopic (exact) mass is 392 g/mol. The predicted octanol–water partition coefficient (Wildman–Crippen LogP) is 5.36. The maximum atomic E-state index is 5.92. The normalized spacial score (nSPS) is 18.6. The minimum absolute atomic E-state index is 0.419. The molecule has 2 heterocycles. The van der Waals surface area contributed by atoms with Gasteiger partial charge < -0.3 is 9.15 Å². The van der Waals surface area contributed by atoms with Gasteiger partial charge in [-0.05, 0) is 48.7 Å². The minimum atomic E-state index is 0.419. The molecule has 0 amide bonds. The molecular formula is C25H32N2O2. The van der Waals surface area contributed by atoms with Gasteiger partial charge in [0.05, 0.1) is 7.11 Å². The number of furan rings is 1. The van der Waals surface area contributed by atoms with Crippen molar-refractivity contribution in [2.24, 2.45) is 0 Å². The summed E-state index contributed by atoms with van der Waals surface area (Å²) in [7, 11) is 3.95. The van der Waals surface area contributed by atoms with Crippen LogP contribution in [0.15, 0.2) is 46.9 Å². The Morgan fingerprint density at radius 3 is 2.69 bits per heavy atom. The molecule has 1 fully saturated rings. The number of likely N-dealkylation sites (N-methyl/N-ethyl adjacent to an activating group) is 1. The van der Waals surface area contributed by atoms with Crippen molar-refractivity contribution in [1.29, 1.82) is 0 Å². The maximum absolute atomic E-state index is 5.92. The van der Waals surface area contributed by atoms with E-state index < -0.39 is 0 Å². The highest BCUT2D eigenvalue weighted by Crippen LogP contribution is 2.34. The van der Waals surface area contributed by atoms with E-state index in [2.05, 4.69) is 67.1 Å². The largest absolute Gasteiger partial charge is 0.493 e. The summed E-state index contributed by atoms with van der Waals surface area (Å²) in [5.41, 5.74) is 5.09. The summed E-state index contributed by atoms with van der Waals surface area (Å²) in [4.78, 5) is 5.08. The third-order valence-electron chi connectivity index (χ3n) is 6.18. The molecule has 1 atom stereocenters. The van der Waals surface area contributed by atoms with Crippen LogP contribution in [0.2, 0.25) is 0 Å². The molecular weight excluding hydrogens is 360 g/mol. The molecule has 3 aromatic rings. The summed E-state index contributed by atoms with van der Waals surface area (Å²) < 4.78 is 11.4. The molecule has 1 unspecified atom stereocenters.